The second-order valence-electron chi connectivity index (χ2n) is 4.12. The highest BCUT2D eigenvalue weighted by Gasteiger charge is 2.17. The molecule has 5 nitrogen and oxygen atoms in total. The molecular formula is C14H16N2O3. The molecule has 0 aromatic heterocycles. The van der Waals surface area contributed by atoms with Gasteiger partial charge in [0.05, 0.1) is 6.61 Å². The molecular weight excluding hydrogens is 244 g/mol. The van der Waals surface area contributed by atoms with Crippen LogP contribution in [0.1, 0.15) is 15.9 Å². The number of hydrogen-bond acceptors (Lipinski definition) is 4. The summed E-state index contributed by atoms with van der Waals surface area (Å²) in [6.45, 7) is 1.97. The molecule has 0 aliphatic carbocycles. The van der Waals surface area contributed by atoms with Crippen molar-refractivity contribution in [3.05, 3.63) is 41.5 Å². The normalized spacial score (nSPS) is 19.3. The summed E-state index contributed by atoms with van der Waals surface area (Å²) >= 11 is 0. The van der Waals surface area contributed by atoms with E-state index in [1.54, 1.807) is 24.3 Å². The molecule has 1 saturated heterocycles. The Morgan fingerprint density at radius 3 is 3.00 bits per heavy atom. The van der Waals surface area contributed by atoms with Crippen LogP contribution in [0.3, 0.4) is 0 Å². The summed E-state index contributed by atoms with van der Waals surface area (Å²) in [6, 6.07) is 7.11. The second kappa shape index (κ2) is 6.82. The van der Waals surface area contributed by atoms with Crippen molar-refractivity contribution in [2.75, 3.05) is 19.7 Å². The fourth-order valence-corrected chi connectivity index (χ4v) is 1.87. The SMILES string of the molecule is O=C/C=C/c1ccccc1C(=O)NC1CNCCO1. The van der Waals surface area contributed by atoms with Crippen LogP contribution in [-0.4, -0.2) is 38.1 Å². The number of benzene rings is 1. The van der Waals surface area contributed by atoms with E-state index < -0.39 is 0 Å². The van der Waals surface area contributed by atoms with E-state index in [1.807, 2.05) is 6.07 Å². The molecule has 1 aromatic carbocycles. The van der Waals surface area contributed by atoms with Crippen LogP contribution >= 0.6 is 0 Å². The van der Waals surface area contributed by atoms with E-state index in [4.69, 9.17) is 4.74 Å². The highest BCUT2D eigenvalue weighted by Crippen LogP contribution is 2.11. The summed E-state index contributed by atoms with van der Waals surface area (Å²) in [7, 11) is 0. The van der Waals surface area contributed by atoms with Gasteiger partial charge in [-0.3, -0.25) is 9.59 Å². The minimum absolute atomic E-state index is 0.208. The number of ether oxygens (including phenoxy) is 1. The van der Waals surface area contributed by atoms with Crippen LogP contribution in [0.15, 0.2) is 30.3 Å². The number of allylic oxidation sites excluding steroid dienone is 1. The van der Waals surface area contributed by atoms with Gasteiger partial charge in [0.25, 0.3) is 5.91 Å². The molecule has 1 fully saturated rings. The Bertz CT molecular complexity index is 479. The Morgan fingerprint density at radius 2 is 2.26 bits per heavy atom. The quantitative estimate of drug-likeness (QED) is 0.613. The smallest absolute Gasteiger partial charge is 0.253 e. The molecule has 100 valence electrons. The van der Waals surface area contributed by atoms with Gasteiger partial charge < -0.3 is 15.4 Å². The molecule has 5 heteroatoms. The molecule has 2 N–H and O–H groups in total. The number of morpholine rings is 1. The molecule has 1 amide bonds. The van der Waals surface area contributed by atoms with Gasteiger partial charge in [-0.1, -0.05) is 24.3 Å². The van der Waals surface area contributed by atoms with E-state index in [9.17, 15) is 9.59 Å². The predicted octanol–water partition coefficient (Wildman–Crippen LogP) is 0.574. The molecule has 0 spiro atoms. The number of amides is 1. The lowest BCUT2D eigenvalue weighted by atomic mass is 10.1. The lowest BCUT2D eigenvalue weighted by Crippen LogP contribution is -2.49. The first-order valence-electron chi connectivity index (χ1n) is 6.15. The third-order valence-electron chi connectivity index (χ3n) is 2.78. The minimum Gasteiger partial charge on any atom is -0.356 e. The number of hydrogen-bond donors (Lipinski definition) is 2. The van der Waals surface area contributed by atoms with Gasteiger partial charge in [-0.25, -0.2) is 0 Å². The van der Waals surface area contributed by atoms with Crippen molar-refractivity contribution in [3.63, 3.8) is 0 Å². The third kappa shape index (κ3) is 3.74. The maximum atomic E-state index is 12.2. The fraction of sp³-hybridized carbons (Fsp3) is 0.286. The van der Waals surface area contributed by atoms with Gasteiger partial charge in [0.2, 0.25) is 0 Å². The Hall–Kier alpha value is -1.98. The lowest BCUT2D eigenvalue weighted by Gasteiger charge is -2.24. The summed E-state index contributed by atoms with van der Waals surface area (Å²) in [5.41, 5.74) is 1.23. The summed E-state index contributed by atoms with van der Waals surface area (Å²) in [6.07, 6.45) is 3.35. The predicted molar refractivity (Wildman–Crippen MR) is 71.6 cm³/mol. The highest BCUT2D eigenvalue weighted by molar-refractivity contribution is 5.98. The number of aldehydes is 1. The van der Waals surface area contributed by atoms with Crippen molar-refractivity contribution in [1.82, 2.24) is 10.6 Å². The summed E-state index contributed by atoms with van der Waals surface area (Å²) in [5, 5.41) is 5.95. The Labute approximate surface area is 111 Å². The van der Waals surface area contributed by atoms with E-state index in [-0.39, 0.29) is 12.1 Å². The zero-order valence-electron chi connectivity index (χ0n) is 10.5. The van der Waals surface area contributed by atoms with Crippen LogP contribution in [0.25, 0.3) is 6.08 Å². The molecule has 2 rings (SSSR count). The minimum atomic E-state index is -0.315. The Balaban J connectivity index is 2.09. The molecule has 1 aromatic rings. The second-order valence-corrected chi connectivity index (χ2v) is 4.12. The maximum absolute atomic E-state index is 12.2. The van der Waals surface area contributed by atoms with Gasteiger partial charge in [0.15, 0.2) is 0 Å². The topological polar surface area (TPSA) is 67.4 Å². The van der Waals surface area contributed by atoms with Crippen molar-refractivity contribution in [3.8, 4) is 0 Å². The monoisotopic (exact) mass is 260 g/mol. The van der Waals surface area contributed by atoms with Crippen LogP contribution in [0, 0.1) is 0 Å². The average molecular weight is 260 g/mol. The van der Waals surface area contributed by atoms with E-state index in [0.717, 1.165) is 6.54 Å². The molecule has 19 heavy (non-hydrogen) atoms. The van der Waals surface area contributed by atoms with Gasteiger partial charge in [0.1, 0.15) is 12.5 Å². The number of rotatable bonds is 4. The molecule has 1 aliphatic rings. The Morgan fingerprint density at radius 1 is 1.42 bits per heavy atom. The summed E-state index contributed by atoms with van der Waals surface area (Å²) in [5.74, 6) is -0.208. The zero-order valence-corrected chi connectivity index (χ0v) is 10.5. The van der Waals surface area contributed by atoms with Crippen molar-refractivity contribution in [1.29, 1.82) is 0 Å². The summed E-state index contributed by atoms with van der Waals surface area (Å²) in [4.78, 5) is 22.5. The fourth-order valence-electron chi connectivity index (χ4n) is 1.87. The van der Waals surface area contributed by atoms with E-state index in [0.29, 0.717) is 30.6 Å². The molecule has 0 saturated carbocycles. The zero-order chi connectivity index (χ0) is 13.5. The number of carbonyl (C=O) groups excluding carboxylic acids is 2. The van der Waals surface area contributed by atoms with Gasteiger partial charge in [0, 0.05) is 18.7 Å². The number of nitrogens with one attached hydrogen (secondary N) is 2. The van der Waals surface area contributed by atoms with E-state index in [2.05, 4.69) is 10.6 Å². The van der Waals surface area contributed by atoms with Gasteiger partial charge in [-0.05, 0) is 17.7 Å². The highest BCUT2D eigenvalue weighted by atomic mass is 16.5. The van der Waals surface area contributed by atoms with Crippen LogP contribution in [0.4, 0.5) is 0 Å². The van der Waals surface area contributed by atoms with Crippen LogP contribution in [0.5, 0.6) is 0 Å². The Kier molecular flexibility index (Phi) is 4.83. The average Bonchev–Trinajstić information content (AvgIpc) is 2.46. The molecule has 1 unspecified atom stereocenters. The molecule has 0 radical (unpaired) electrons. The number of carbonyl (C=O) groups is 2. The lowest BCUT2D eigenvalue weighted by molar-refractivity contribution is -0.104. The van der Waals surface area contributed by atoms with E-state index >= 15 is 0 Å². The van der Waals surface area contributed by atoms with Gasteiger partial charge in [-0.15, -0.1) is 0 Å². The van der Waals surface area contributed by atoms with Crippen molar-refractivity contribution >= 4 is 18.3 Å². The summed E-state index contributed by atoms with van der Waals surface area (Å²) < 4.78 is 5.42. The first kappa shape index (κ1) is 13.5. The molecule has 1 heterocycles. The first-order valence-corrected chi connectivity index (χ1v) is 6.15. The maximum Gasteiger partial charge on any atom is 0.253 e. The van der Waals surface area contributed by atoms with Crippen molar-refractivity contribution < 1.29 is 14.3 Å². The third-order valence-corrected chi connectivity index (χ3v) is 2.78. The first-order chi connectivity index (χ1) is 9.31. The van der Waals surface area contributed by atoms with Gasteiger partial charge >= 0.3 is 0 Å². The molecule has 0 bridgehead atoms. The van der Waals surface area contributed by atoms with Gasteiger partial charge in [-0.2, -0.15) is 0 Å². The van der Waals surface area contributed by atoms with Crippen LogP contribution in [0.2, 0.25) is 0 Å². The van der Waals surface area contributed by atoms with Crippen LogP contribution in [-0.2, 0) is 9.53 Å². The van der Waals surface area contributed by atoms with Crippen LogP contribution < -0.4 is 10.6 Å². The molecule has 1 aliphatic heterocycles. The van der Waals surface area contributed by atoms with E-state index in [1.165, 1.54) is 6.08 Å². The standard InChI is InChI=1S/C14H16N2O3/c17-8-3-5-11-4-1-2-6-12(11)14(18)16-13-10-15-7-9-19-13/h1-6,8,13,15H,7,9-10H2,(H,16,18)/b5-3+. The molecule has 1 atom stereocenters. The van der Waals surface area contributed by atoms with Crippen molar-refractivity contribution in [2.45, 2.75) is 6.23 Å². The van der Waals surface area contributed by atoms with Crippen molar-refractivity contribution in [2.24, 2.45) is 0 Å². The largest absolute Gasteiger partial charge is 0.356 e.